The van der Waals surface area contributed by atoms with Crippen LogP contribution in [0.25, 0.3) is 0 Å². The summed E-state index contributed by atoms with van der Waals surface area (Å²) in [6.45, 7) is 1.96. The van der Waals surface area contributed by atoms with Gasteiger partial charge in [-0.15, -0.1) is 0 Å². The summed E-state index contributed by atoms with van der Waals surface area (Å²) in [5.74, 6) is -0.102. The Kier molecular flexibility index (Phi) is 2.99. The van der Waals surface area contributed by atoms with Gasteiger partial charge in [-0.25, -0.2) is 9.78 Å². The van der Waals surface area contributed by atoms with E-state index in [4.69, 9.17) is 5.73 Å². The first-order valence-electron chi connectivity index (χ1n) is 5.39. The molecular formula is C10H15N5O2. The number of carbonyl (C=O) groups is 2. The Bertz CT molecular complexity index is 434. The van der Waals surface area contributed by atoms with Gasteiger partial charge in [-0.3, -0.25) is 4.79 Å². The molecule has 0 spiro atoms. The summed E-state index contributed by atoms with van der Waals surface area (Å²) >= 11 is 0. The highest BCUT2D eigenvalue weighted by Crippen LogP contribution is 2.06. The largest absolute Gasteiger partial charge is 0.351 e. The van der Waals surface area contributed by atoms with E-state index in [9.17, 15) is 9.59 Å². The van der Waals surface area contributed by atoms with Crippen LogP contribution >= 0.6 is 0 Å². The van der Waals surface area contributed by atoms with Gasteiger partial charge >= 0.3 is 6.03 Å². The number of aryl methyl sites for hydroxylation is 1. The smallest absolute Gasteiger partial charge is 0.314 e. The zero-order chi connectivity index (χ0) is 12.4. The van der Waals surface area contributed by atoms with Crippen molar-refractivity contribution in [1.29, 1.82) is 0 Å². The highest BCUT2D eigenvalue weighted by atomic mass is 16.2. The van der Waals surface area contributed by atoms with Crippen molar-refractivity contribution in [2.75, 3.05) is 26.2 Å². The van der Waals surface area contributed by atoms with Gasteiger partial charge in [0, 0.05) is 39.4 Å². The van der Waals surface area contributed by atoms with Crippen LogP contribution in [0.15, 0.2) is 12.5 Å². The van der Waals surface area contributed by atoms with Gasteiger partial charge in [-0.1, -0.05) is 0 Å². The Morgan fingerprint density at radius 3 is 2.29 bits per heavy atom. The third-order valence-corrected chi connectivity index (χ3v) is 2.80. The summed E-state index contributed by atoms with van der Waals surface area (Å²) in [6.07, 6.45) is 3.27. The fourth-order valence-corrected chi connectivity index (χ4v) is 1.82. The minimum absolute atomic E-state index is 0.102. The average molecular weight is 237 g/mol. The van der Waals surface area contributed by atoms with E-state index < -0.39 is 6.03 Å². The van der Waals surface area contributed by atoms with Gasteiger partial charge < -0.3 is 20.1 Å². The molecule has 0 saturated carbocycles. The van der Waals surface area contributed by atoms with Crippen LogP contribution in [0.3, 0.4) is 0 Å². The molecule has 2 N–H and O–H groups in total. The Hall–Kier alpha value is -2.05. The second kappa shape index (κ2) is 4.44. The molecule has 7 heteroatoms. The molecule has 0 unspecified atom stereocenters. The topological polar surface area (TPSA) is 84.5 Å². The molecule has 1 aromatic heterocycles. The van der Waals surface area contributed by atoms with Crippen LogP contribution in [-0.4, -0.2) is 57.5 Å². The van der Waals surface area contributed by atoms with Crippen LogP contribution in [0.2, 0.25) is 0 Å². The molecule has 3 amide bonds. The molecule has 1 saturated heterocycles. The molecule has 0 aromatic carbocycles. The van der Waals surface area contributed by atoms with Crippen LogP contribution in [-0.2, 0) is 7.05 Å². The molecule has 7 nitrogen and oxygen atoms in total. The fourth-order valence-electron chi connectivity index (χ4n) is 1.82. The minimum Gasteiger partial charge on any atom is -0.351 e. The zero-order valence-corrected chi connectivity index (χ0v) is 9.67. The SMILES string of the molecule is Cn1cnc(C(=O)N2CCN(C(N)=O)CC2)c1. The van der Waals surface area contributed by atoms with Crippen LogP contribution in [0.4, 0.5) is 4.79 Å². The first-order valence-corrected chi connectivity index (χ1v) is 5.39. The lowest BCUT2D eigenvalue weighted by Crippen LogP contribution is -2.52. The summed E-state index contributed by atoms with van der Waals surface area (Å²) in [4.78, 5) is 30.2. The first-order chi connectivity index (χ1) is 8.08. The molecular weight excluding hydrogens is 222 g/mol. The predicted octanol–water partition coefficient (Wildman–Crippen LogP) is -0.743. The zero-order valence-electron chi connectivity index (χ0n) is 9.67. The number of aromatic nitrogens is 2. The van der Waals surface area contributed by atoms with Gasteiger partial charge in [-0.2, -0.15) is 0 Å². The lowest BCUT2D eigenvalue weighted by atomic mass is 10.3. The number of carbonyl (C=O) groups excluding carboxylic acids is 2. The molecule has 92 valence electrons. The van der Waals surface area contributed by atoms with Crippen molar-refractivity contribution in [2.45, 2.75) is 0 Å². The summed E-state index contributed by atoms with van der Waals surface area (Å²) < 4.78 is 1.73. The predicted molar refractivity (Wildman–Crippen MR) is 60.3 cm³/mol. The number of primary amides is 1. The van der Waals surface area contributed by atoms with E-state index in [1.54, 1.807) is 22.0 Å². The summed E-state index contributed by atoms with van der Waals surface area (Å²) in [6, 6.07) is -0.435. The van der Waals surface area contributed by atoms with Gasteiger partial charge in [0.25, 0.3) is 5.91 Å². The van der Waals surface area contributed by atoms with E-state index in [2.05, 4.69) is 4.98 Å². The van der Waals surface area contributed by atoms with E-state index in [1.807, 2.05) is 7.05 Å². The third kappa shape index (κ3) is 2.38. The second-order valence-electron chi connectivity index (χ2n) is 4.04. The van der Waals surface area contributed by atoms with Crippen LogP contribution < -0.4 is 5.73 Å². The first kappa shape index (κ1) is 11.4. The number of amides is 3. The Morgan fingerprint density at radius 1 is 1.24 bits per heavy atom. The van der Waals surface area contributed by atoms with Crippen molar-refractivity contribution in [3.8, 4) is 0 Å². The van der Waals surface area contributed by atoms with Gasteiger partial charge in [0.05, 0.1) is 6.33 Å². The number of nitrogens with zero attached hydrogens (tertiary/aromatic N) is 4. The molecule has 2 rings (SSSR count). The van der Waals surface area contributed by atoms with Gasteiger partial charge in [0.1, 0.15) is 5.69 Å². The third-order valence-electron chi connectivity index (χ3n) is 2.80. The number of rotatable bonds is 1. The monoisotopic (exact) mass is 237 g/mol. The quantitative estimate of drug-likeness (QED) is 0.698. The number of hydrogen-bond donors (Lipinski definition) is 1. The number of urea groups is 1. The Labute approximate surface area is 98.8 Å². The van der Waals surface area contributed by atoms with Crippen molar-refractivity contribution in [3.05, 3.63) is 18.2 Å². The number of imidazole rings is 1. The lowest BCUT2D eigenvalue weighted by molar-refractivity contribution is 0.0664. The van der Waals surface area contributed by atoms with E-state index in [-0.39, 0.29) is 5.91 Å². The molecule has 0 atom stereocenters. The molecule has 1 aliphatic rings. The van der Waals surface area contributed by atoms with Crippen molar-refractivity contribution < 1.29 is 9.59 Å². The number of piperazine rings is 1. The fraction of sp³-hybridized carbons (Fsp3) is 0.500. The van der Waals surface area contributed by atoms with Crippen molar-refractivity contribution in [2.24, 2.45) is 12.8 Å². The second-order valence-corrected chi connectivity index (χ2v) is 4.04. The van der Waals surface area contributed by atoms with E-state index in [0.717, 1.165) is 0 Å². The number of nitrogens with two attached hydrogens (primary N) is 1. The van der Waals surface area contributed by atoms with Crippen LogP contribution in [0.5, 0.6) is 0 Å². The van der Waals surface area contributed by atoms with Crippen molar-refractivity contribution >= 4 is 11.9 Å². The van der Waals surface area contributed by atoms with Gasteiger partial charge in [0.2, 0.25) is 0 Å². The molecule has 17 heavy (non-hydrogen) atoms. The van der Waals surface area contributed by atoms with Crippen LogP contribution in [0.1, 0.15) is 10.5 Å². The average Bonchev–Trinajstić information content (AvgIpc) is 2.75. The van der Waals surface area contributed by atoms with Crippen molar-refractivity contribution in [3.63, 3.8) is 0 Å². The molecule has 0 bridgehead atoms. The maximum absolute atomic E-state index is 12.0. The van der Waals surface area contributed by atoms with E-state index in [1.165, 1.54) is 4.90 Å². The van der Waals surface area contributed by atoms with Crippen molar-refractivity contribution in [1.82, 2.24) is 19.4 Å². The number of hydrogen-bond acceptors (Lipinski definition) is 3. The molecule has 1 aliphatic heterocycles. The maximum atomic E-state index is 12.0. The summed E-state index contributed by atoms with van der Waals surface area (Å²) in [5.41, 5.74) is 5.60. The maximum Gasteiger partial charge on any atom is 0.314 e. The standard InChI is InChI=1S/C10H15N5O2/c1-13-6-8(12-7-13)9(16)14-2-4-15(5-3-14)10(11)17/h6-7H,2-5H2,1H3,(H2,11,17). The highest BCUT2D eigenvalue weighted by molar-refractivity contribution is 5.92. The molecule has 0 radical (unpaired) electrons. The summed E-state index contributed by atoms with van der Waals surface area (Å²) in [7, 11) is 1.81. The lowest BCUT2D eigenvalue weighted by Gasteiger charge is -2.33. The molecule has 1 aromatic rings. The van der Waals surface area contributed by atoms with Gasteiger partial charge in [0.15, 0.2) is 0 Å². The Morgan fingerprint density at radius 2 is 1.82 bits per heavy atom. The molecule has 0 aliphatic carbocycles. The highest BCUT2D eigenvalue weighted by Gasteiger charge is 2.24. The molecule has 2 heterocycles. The molecule has 1 fully saturated rings. The van der Waals surface area contributed by atoms with E-state index >= 15 is 0 Å². The Balaban J connectivity index is 1.97. The van der Waals surface area contributed by atoms with Gasteiger partial charge in [-0.05, 0) is 0 Å². The van der Waals surface area contributed by atoms with E-state index in [0.29, 0.717) is 31.9 Å². The minimum atomic E-state index is -0.435. The summed E-state index contributed by atoms with van der Waals surface area (Å²) in [5, 5.41) is 0. The van der Waals surface area contributed by atoms with Crippen LogP contribution in [0, 0.1) is 0 Å². The normalized spacial score (nSPS) is 16.1.